The molecule has 0 aromatic heterocycles. The number of rotatable bonds is 4. The number of aliphatic hydroxyl groups excluding tert-OH is 1. The van der Waals surface area contributed by atoms with Crippen LogP contribution < -0.4 is 0 Å². The maximum absolute atomic E-state index is 9.66. The first-order valence-corrected chi connectivity index (χ1v) is 3.16. The summed E-state index contributed by atoms with van der Waals surface area (Å²) >= 11 is 0. The Morgan fingerprint density at radius 1 is 1.17 bits per heavy atom. The Labute approximate surface area is 69.4 Å². The van der Waals surface area contributed by atoms with Crippen molar-refractivity contribution in [1.82, 2.24) is 0 Å². The van der Waals surface area contributed by atoms with E-state index in [9.17, 15) is 9.59 Å². The van der Waals surface area contributed by atoms with E-state index in [1.165, 1.54) is 0 Å². The number of ether oxygens (including phenoxy) is 1. The van der Waals surface area contributed by atoms with E-state index < -0.39 is 25.2 Å². The molecule has 0 aliphatic heterocycles. The maximum Gasteiger partial charge on any atom is 0.329 e. The van der Waals surface area contributed by atoms with E-state index in [1.54, 1.807) is 6.92 Å². The molecular weight excluding hydrogens is 168 g/mol. The minimum atomic E-state index is -1.17. The monoisotopic (exact) mass is 180 g/mol. The van der Waals surface area contributed by atoms with Gasteiger partial charge in [0.25, 0.3) is 0 Å². The van der Waals surface area contributed by atoms with Crippen LogP contribution in [0, 0.1) is 0 Å². The molecule has 0 aliphatic carbocycles. The molecule has 0 saturated heterocycles. The number of carboxylic acids is 2. The first kappa shape index (κ1) is 13.4. The van der Waals surface area contributed by atoms with E-state index in [0.29, 0.717) is 0 Å². The fourth-order valence-corrected chi connectivity index (χ4v) is 0.226. The lowest BCUT2D eigenvalue weighted by Gasteiger charge is -1.92. The Morgan fingerprint density at radius 2 is 1.42 bits per heavy atom. The Kier molecular flexibility index (Phi) is 11.1. The summed E-state index contributed by atoms with van der Waals surface area (Å²) in [5.74, 6) is -2.34. The van der Waals surface area contributed by atoms with E-state index in [4.69, 9.17) is 15.3 Å². The fraction of sp³-hybridized carbons (Fsp3) is 0.667. The molecule has 0 saturated carbocycles. The lowest BCUT2D eigenvalue weighted by atomic mass is 10.7. The number of carboxylic acid groups (broad SMARTS) is 2. The first-order chi connectivity index (χ1) is 5.54. The van der Waals surface area contributed by atoms with Crippen LogP contribution in [0.25, 0.3) is 0 Å². The summed E-state index contributed by atoms with van der Waals surface area (Å²) in [6.45, 7) is 0.804. The molecule has 0 atom stereocenters. The van der Waals surface area contributed by atoms with Crippen molar-refractivity contribution in [1.29, 1.82) is 0 Å². The molecule has 0 fully saturated rings. The number of hydrogen-bond donors (Lipinski definition) is 3. The van der Waals surface area contributed by atoms with Crippen LogP contribution in [0.2, 0.25) is 0 Å². The topological polar surface area (TPSA) is 104 Å². The van der Waals surface area contributed by atoms with Gasteiger partial charge in [0.05, 0.1) is 0 Å². The van der Waals surface area contributed by atoms with Crippen molar-refractivity contribution in [3.05, 3.63) is 0 Å². The second-order valence-electron chi connectivity index (χ2n) is 1.60. The Bertz CT molecular complexity index is 118. The highest BCUT2D eigenvalue weighted by atomic mass is 16.5. The molecular formula is C6H12O6. The molecule has 0 spiro atoms. The smallest absolute Gasteiger partial charge is 0.329 e. The second-order valence-corrected chi connectivity index (χ2v) is 1.60. The summed E-state index contributed by atoms with van der Waals surface area (Å²) in [6, 6.07) is 0. The molecule has 0 bridgehead atoms. The number of aliphatic hydroxyl groups is 1. The van der Waals surface area contributed by atoms with Gasteiger partial charge < -0.3 is 20.1 Å². The van der Waals surface area contributed by atoms with Gasteiger partial charge in [0.15, 0.2) is 0 Å². The van der Waals surface area contributed by atoms with Gasteiger partial charge in [-0.05, 0) is 6.92 Å². The summed E-state index contributed by atoms with van der Waals surface area (Å²) in [4.78, 5) is 19.3. The van der Waals surface area contributed by atoms with Crippen LogP contribution >= 0.6 is 0 Å². The van der Waals surface area contributed by atoms with Crippen LogP contribution in [0.4, 0.5) is 0 Å². The van der Waals surface area contributed by atoms with E-state index >= 15 is 0 Å². The largest absolute Gasteiger partial charge is 0.480 e. The summed E-state index contributed by atoms with van der Waals surface area (Å²) in [7, 11) is 0. The SMILES string of the molecule is CCO.O=C(O)COCC(=O)O. The zero-order chi connectivity index (χ0) is 9.98. The Hall–Kier alpha value is -1.14. The molecule has 0 amide bonds. The van der Waals surface area contributed by atoms with E-state index in [-0.39, 0.29) is 6.61 Å². The quantitative estimate of drug-likeness (QED) is 0.521. The fourth-order valence-electron chi connectivity index (χ4n) is 0.226. The summed E-state index contributed by atoms with van der Waals surface area (Å²) < 4.78 is 4.16. The van der Waals surface area contributed by atoms with Gasteiger partial charge in [-0.15, -0.1) is 0 Å². The average molecular weight is 180 g/mol. The third-order valence-corrected chi connectivity index (χ3v) is 0.451. The van der Waals surface area contributed by atoms with Crippen LogP contribution in [-0.2, 0) is 14.3 Å². The van der Waals surface area contributed by atoms with Crippen LogP contribution in [0.15, 0.2) is 0 Å². The van der Waals surface area contributed by atoms with E-state index in [0.717, 1.165) is 0 Å². The van der Waals surface area contributed by atoms with Crippen molar-refractivity contribution < 1.29 is 29.6 Å². The lowest BCUT2D eigenvalue weighted by Crippen LogP contribution is -2.13. The predicted molar refractivity (Wildman–Crippen MR) is 38.9 cm³/mol. The van der Waals surface area contributed by atoms with Gasteiger partial charge in [-0.25, -0.2) is 9.59 Å². The van der Waals surface area contributed by atoms with Gasteiger partial charge >= 0.3 is 11.9 Å². The highest BCUT2D eigenvalue weighted by Gasteiger charge is 1.98. The molecule has 3 N–H and O–H groups in total. The summed E-state index contributed by atoms with van der Waals surface area (Å²) in [5, 5.41) is 23.4. The van der Waals surface area contributed by atoms with Crippen molar-refractivity contribution in [2.75, 3.05) is 19.8 Å². The van der Waals surface area contributed by atoms with Gasteiger partial charge in [-0.3, -0.25) is 0 Å². The van der Waals surface area contributed by atoms with Gasteiger partial charge in [-0.1, -0.05) is 0 Å². The molecule has 6 nitrogen and oxygen atoms in total. The molecule has 0 heterocycles. The molecule has 12 heavy (non-hydrogen) atoms. The van der Waals surface area contributed by atoms with Crippen LogP contribution in [-0.4, -0.2) is 47.1 Å². The van der Waals surface area contributed by atoms with Gasteiger partial charge in [0.2, 0.25) is 0 Å². The summed E-state index contributed by atoms with van der Waals surface area (Å²) in [6.07, 6.45) is 0. The zero-order valence-corrected chi connectivity index (χ0v) is 6.69. The standard InChI is InChI=1S/C4H6O5.C2H6O/c5-3(6)1-9-2-4(7)8;1-2-3/h1-2H2,(H,5,6)(H,7,8);3H,2H2,1H3. The molecule has 0 aliphatic rings. The molecule has 6 heteroatoms. The maximum atomic E-state index is 9.66. The Morgan fingerprint density at radius 3 is 1.58 bits per heavy atom. The highest BCUT2D eigenvalue weighted by Crippen LogP contribution is 1.73. The molecule has 0 unspecified atom stereocenters. The van der Waals surface area contributed by atoms with Crippen LogP contribution in [0.5, 0.6) is 0 Å². The third kappa shape index (κ3) is 23.2. The Balaban J connectivity index is 0. The number of carbonyl (C=O) groups is 2. The minimum absolute atomic E-state index is 0.250. The normalized spacial score (nSPS) is 8.17. The lowest BCUT2D eigenvalue weighted by molar-refractivity contribution is -0.148. The molecule has 0 aromatic carbocycles. The van der Waals surface area contributed by atoms with Gasteiger partial charge in [0, 0.05) is 6.61 Å². The van der Waals surface area contributed by atoms with Gasteiger partial charge in [0.1, 0.15) is 13.2 Å². The predicted octanol–water partition coefficient (Wildman–Crippen LogP) is -0.829. The van der Waals surface area contributed by atoms with Crippen LogP contribution in [0.3, 0.4) is 0 Å². The molecule has 72 valence electrons. The highest BCUT2D eigenvalue weighted by molar-refractivity contribution is 5.70. The van der Waals surface area contributed by atoms with Crippen molar-refractivity contribution >= 4 is 11.9 Å². The zero-order valence-electron chi connectivity index (χ0n) is 6.69. The van der Waals surface area contributed by atoms with Crippen LogP contribution in [0.1, 0.15) is 6.92 Å². The number of aliphatic carboxylic acids is 2. The van der Waals surface area contributed by atoms with E-state index in [2.05, 4.69) is 4.74 Å². The van der Waals surface area contributed by atoms with Gasteiger partial charge in [-0.2, -0.15) is 0 Å². The third-order valence-electron chi connectivity index (χ3n) is 0.451. The number of hydrogen-bond acceptors (Lipinski definition) is 4. The summed E-state index contributed by atoms with van der Waals surface area (Å²) in [5.41, 5.74) is 0. The molecule has 0 rings (SSSR count). The average Bonchev–Trinajstić information content (AvgIpc) is 1.87. The van der Waals surface area contributed by atoms with Crippen molar-refractivity contribution in [3.8, 4) is 0 Å². The van der Waals surface area contributed by atoms with Crippen molar-refractivity contribution in [3.63, 3.8) is 0 Å². The van der Waals surface area contributed by atoms with Crippen molar-refractivity contribution in [2.24, 2.45) is 0 Å². The first-order valence-electron chi connectivity index (χ1n) is 3.16. The van der Waals surface area contributed by atoms with Crippen molar-refractivity contribution in [2.45, 2.75) is 6.92 Å². The molecule has 0 aromatic rings. The van der Waals surface area contributed by atoms with E-state index in [1.807, 2.05) is 0 Å². The minimum Gasteiger partial charge on any atom is -0.480 e. The second kappa shape index (κ2) is 9.86. The molecule has 0 radical (unpaired) electrons.